The number of aryl methyl sites for hydroxylation is 1. The third kappa shape index (κ3) is 4.60. The maximum absolute atomic E-state index is 5.84. The molecule has 0 N–H and O–H groups in total. The summed E-state index contributed by atoms with van der Waals surface area (Å²) in [5, 5.41) is 0.736. The van der Waals surface area contributed by atoms with Crippen molar-refractivity contribution in [2.75, 3.05) is 6.61 Å². The molecule has 0 aliphatic carbocycles. The second-order valence-electron chi connectivity index (χ2n) is 5.06. The van der Waals surface area contributed by atoms with Gasteiger partial charge in [0, 0.05) is 5.02 Å². The predicted molar refractivity (Wildman–Crippen MR) is 81.0 cm³/mol. The van der Waals surface area contributed by atoms with Gasteiger partial charge in [-0.2, -0.15) is 0 Å². The lowest BCUT2D eigenvalue weighted by Gasteiger charge is -2.13. The van der Waals surface area contributed by atoms with Crippen molar-refractivity contribution in [1.82, 2.24) is 0 Å². The number of hydrogen-bond acceptors (Lipinski definition) is 1. The van der Waals surface area contributed by atoms with E-state index in [1.54, 1.807) is 0 Å². The van der Waals surface area contributed by atoms with E-state index in [-0.39, 0.29) is 0 Å². The molecule has 100 valence electrons. The van der Waals surface area contributed by atoms with E-state index in [1.807, 2.05) is 24.3 Å². The van der Waals surface area contributed by atoms with Crippen molar-refractivity contribution in [1.29, 1.82) is 0 Å². The van der Waals surface area contributed by atoms with Crippen LogP contribution < -0.4 is 4.74 Å². The molecule has 0 unspecified atom stereocenters. The van der Waals surface area contributed by atoms with E-state index in [0.717, 1.165) is 23.8 Å². The van der Waals surface area contributed by atoms with Gasteiger partial charge in [-0.1, -0.05) is 48.4 Å². The summed E-state index contributed by atoms with van der Waals surface area (Å²) in [6, 6.07) is 16.2. The minimum atomic E-state index is 0.485. The lowest BCUT2D eigenvalue weighted by molar-refractivity contribution is 0.259. The molecule has 19 heavy (non-hydrogen) atoms. The summed E-state index contributed by atoms with van der Waals surface area (Å²) in [7, 11) is 0. The van der Waals surface area contributed by atoms with E-state index >= 15 is 0 Å². The van der Waals surface area contributed by atoms with Crippen LogP contribution in [0.4, 0.5) is 0 Å². The first-order chi connectivity index (χ1) is 9.13. The minimum Gasteiger partial charge on any atom is -0.493 e. The highest BCUT2D eigenvalue weighted by Gasteiger charge is 2.05. The molecule has 0 amide bonds. The van der Waals surface area contributed by atoms with Gasteiger partial charge in [-0.05, 0) is 49.1 Å². The van der Waals surface area contributed by atoms with Crippen molar-refractivity contribution in [2.24, 2.45) is 5.92 Å². The van der Waals surface area contributed by atoms with E-state index in [4.69, 9.17) is 16.3 Å². The van der Waals surface area contributed by atoms with Gasteiger partial charge in [-0.3, -0.25) is 0 Å². The third-order valence-corrected chi connectivity index (χ3v) is 3.30. The monoisotopic (exact) mass is 274 g/mol. The van der Waals surface area contributed by atoms with Gasteiger partial charge in [0.05, 0.1) is 6.61 Å². The molecule has 0 aliphatic rings. The van der Waals surface area contributed by atoms with Crippen LogP contribution >= 0.6 is 11.6 Å². The Bertz CT molecular complexity index is 502. The molecular formula is C17H19ClO. The Kier molecular flexibility index (Phi) is 4.86. The number of benzene rings is 2. The molecular weight excluding hydrogens is 256 g/mol. The predicted octanol–water partition coefficient (Wildman–Crippen LogP) is 4.91. The summed E-state index contributed by atoms with van der Waals surface area (Å²) in [6.07, 6.45) is 1.04. The third-order valence-electron chi connectivity index (χ3n) is 3.05. The first-order valence-electron chi connectivity index (χ1n) is 6.57. The Morgan fingerprint density at radius 3 is 2.26 bits per heavy atom. The highest BCUT2D eigenvalue weighted by atomic mass is 35.5. The van der Waals surface area contributed by atoms with Gasteiger partial charge < -0.3 is 4.74 Å². The van der Waals surface area contributed by atoms with E-state index < -0.39 is 0 Å². The molecule has 0 radical (unpaired) electrons. The van der Waals surface area contributed by atoms with Crippen LogP contribution in [0.25, 0.3) is 0 Å². The zero-order valence-electron chi connectivity index (χ0n) is 11.4. The fourth-order valence-electron chi connectivity index (χ4n) is 1.95. The average molecular weight is 275 g/mol. The average Bonchev–Trinajstić information content (AvgIpc) is 2.41. The zero-order valence-corrected chi connectivity index (χ0v) is 12.2. The Hall–Kier alpha value is -1.47. The molecule has 0 aliphatic heterocycles. The second-order valence-corrected chi connectivity index (χ2v) is 5.50. The van der Waals surface area contributed by atoms with Crippen LogP contribution in [0.15, 0.2) is 48.5 Å². The number of halogens is 1. The maximum Gasteiger partial charge on any atom is 0.119 e. The molecule has 0 saturated carbocycles. The number of hydrogen-bond donors (Lipinski definition) is 0. The first kappa shape index (κ1) is 14.0. The van der Waals surface area contributed by atoms with Crippen LogP contribution in [0, 0.1) is 12.8 Å². The summed E-state index contributed by atoms with van der Waals surface area (Å²) < 4.78 is 5.76. The summed E-state index contributed by atoms with van der Waals surface area (Å²) in [5.74, 6) is 1.36. The van der Waals surface area contributed by atoms with Gasteiger partial charge >= 0.3 is 0 Å². The zero-order chi connectivity index (χ0) is 13.7. The summed E-state index contributed by atoms with van der Waals surface area (Å²) in [6.45, 7) is 5.03. The Labute approximate surface area is 120 Å². The van der Waals surface area contributed by atoms with Gasteiger partial charge in [0.15, 0.2) is 0 Å². The normalized spacial score (nSPS) is 12.2. The molecule has 1 atom stereocenters. The van der Waals surface area contributed by atoms with E-state index in [2.05, 4.69) is 38.1 Å². The molecule has 2 rings (SSSR count). The van der Waals surface area contributed by atoms with Gasteiger partial charge in [-0.15, -0.1) is 0 Å². The molecule has 2 heteroatoms. The highest BCUT2D eigenvalue weighted by molar-refractivity contribution is 6.30. The van der Waals surface area contributed by atoms with Crippen LogP contribution in [0.2, 0.25) is 5.02 Å². The number of ether oxygens (including phenoxy) is 1. The van der Waals surface area contributed by atoms with Crippen LogP contribution in [0.1, 0.15) is 18.1 Å². The fraction of sp³-hybridized carbons (Fsp3) is 0.294. The molecule has 0 aromatic heterocycles. The highest BCUT2D eigenvalue weighted by Crippen LogP contribution is 2.17. The topological polar surface area (TPSA) is 9.23 Å². The maximum atomic E-state index is 5.84. The molecule has 2 aromatic rings. The van der Waals surface area contributed by atoms with Crippen LogP contribution in [0.3, 0.4) is 0 Å². The van der Waals surface area contributed by atoms with Crippen molar-refractivity contribution in [3.05, 3.63) is 64.7 Å². The summed E-state index contributed by atoms with van der Waals surface area (Å²) >= 11 is 5.84. The summed E-state index contributed by atoms with van der Waals surface area (Å²) in [4.78, 5) is 0. The molecule has 0 spiro atoms. The second kappa shape index (κ2) is 6.63. The largest absolute Gasteiger partial charge is 0.493 e. The van der Waals surface area contributed by atoms with E-state index in [1.165, 1.54) is 11.1 Å². The van der Waals surface area contributed by atoms with Gasteiger partial charge in [-0.25, -0.2) is 0 Å². The fourth-order valence-corrected chi connectivity index (χ4v) is 2.08. The van der Waals surface area contributed by atoms with Crippen molar-refractivity contribution in [3.8, 4) is 5.75 Å². The van der Waals surface area contributed by atoms with E-state index in [0.29, 0.717) is 5.92 Å². The van der Waals surface area contributed by atoms with Crippen LogP contribution in [-0.2, 0) is 6.42 Å². The SMILES string of the molecule is Cc1ccc(C[C@@H](C)COc2ccc(Cl)cc2)cc1. The molecule has 2 aromatic carbocycles. The smallest absolute Gasteiger partial charge is 0.119 e. The molecule has 0 bridgehead atoms. The van der Waals surface area contributed by atoms with Gasteiger partial charge in [0.2, 0.25) is 0 Å². The summed E-state index contributed by atoms with van der Waals surface area (Å²) in [5.41, 5.74) is 2.66. The standard InChI is InChI=1S/C17H19ClO/c1-13-3-5-15(6-4-13)11-14(2)12-19-17-9-7-16(18)8-10-17/h3-10,14H,11-12H2,1-2H3/t14-/m1/s1. The molecule has 0 heterocycles. The quantitative estimate of drug-likeness (QED) is 0.753. The Morgan fingerprint density at radius 2 is 1.63 bits per heavy atom. The minimum absolute atomic E-state index is 0.485. The van der Waals surface area contributed by atoms with Crippen LogP contribution in [-0.4, -0.2) is 6.61 Å². The van der Waals surface area contributed by atoms with Gasteiger partial charge in [0.1, 0.15) is 5.75 Å². The molecule has 0 fully saturated rings. The first-order valence-corrected chi connectivity index (χ1v) is 6.95. The van der Waals surface area contributed by atoms with Crippen molar-refractivity contribution in [3.63, 3.8) is 0 Å². The Balaban J connectivity index is 1.82. The number of rotatable bonds is 5. The van der Waals surface area contributed by atoms with Crippen molar-refractivity contribution in [2.45, 2.75) is 20.3 Å². The van der Waals surface area contributed by atoms with Crippen molar-refractivity contribution < 1.29 is 4.74 Å². The Morgan fingerprint density at radius 1 is 1.00 bits per heavy atom. The molecule has 1 nitrogen and oxygen atoms in total. The van der Waals surface area contributed by atoms with Gasteiger partial charge in [0.25, 0.3) is 0 Å². The van der Waals surface area contributed by atoms with Crippen molar-refractivity contribution >= 4 is 11.6 Å². The lowest BCUT2D eigenvalue weighted by atomic mass is 10.0. The molecule has 0 saturated heterocycles. The van der Waals surface area contributed by atoms with E-state index in [9.17, 15) is 0 Å². The lowest BCUT2D eigenvalue weighted by Crippen LogP contribution is -2.11. The van der Waals surface area contributed by atoms with Crippen LogP contribution in [0.5, 0.6) is 5.75 Å².